The van der Waals surface area contributed by atoms with Crippen LogP contribution >= 0.6 is 27.3 Å². The zero-order valence-corrected chi connectivity index (χ0v) is 8.06. The van der Waals surface area contributed by atoms with Crippen molar-refractivity contribution in [3.05, 3.63) is 20.8 Å². The van der Waals surface area contributed by atoms with Gasteiger partial charge in [0.05, 0.1) is 10.4 Å². The maximum Gasteiger partial charge on any atom is 0.113 e. The van der Waals surface area contributed by atoms with E-state index in [1.54, 1.807) is 0 Å². The molecule has 11 heavy (non-hydrogen) atoms. The lowest BCUT2D eigenvalue weighted by Crippen LogP contribution is -2.09. The van der Waals surface area contributed by atoms with Gasteiger partial charge in [0.15, 0.2) is 0 Å². The highest BCUT2D eigenvalue weighted by molar-refractivity contribution is 9.11. The smallest absolute Gasteiger partial charge is 0.113 e. The van der Waals surface area contributed by atoms with Gasteiger partial charge >= 0.3 is 0 Å². The molecule has 5 heteroatoms. The minimum Gasteiger partial charge on any atom is -0.385 e. The van der Waals surface area contributed by atoms with Crippen LogP contribution in [0.5, 0.6) is 0 Å². The Morgan fingerprint density at radius 1 is 1.73 bits per heavy atom. The first kappa shape index (κ1) is 9.15. The highest BCUT2D eigenvalue weighted by Gasteiger charge is 2.08. The maximum atomic E-state index is 9.32. The summed E-state index contributed by atoms with van der Waals surface area (Å²) in [5, 5.41) is 9.32. The van der Waals surface area contributed by atoms with Crippen LogP contribution in [0.25, 0.3) is 0 Å². The van der Waals surface area contributed by atoms with Crippen LogP contribution in [0.3, 0.4) is 0 Å². The lowest BCUT2D eigenvalue weighted by Gasteiger charge is -2.04. The van der Waals surface area contributed by atoms with Crippen molar-refractivity contribution in [3.63, 3.8) is 0 Å². The number of hydrogen-bond acceptors (Lipinski definition) is 4. The molecular formula is C6H8BrNO2S. The molecule has 1 heterocycles. The van der Waals surface area contributed by atoms with E-state index in [-0.39, 0.29) is 6.61 Å². The number of aliphatic hydroxyl groups is 1. The van der Waals surface area contributed by atoms with E-state index in [9.17, 15) is 5.11 Å². The van der Waals surface area contributed by atoms with Gasteiger partial charge in [-0.3, -0.25) is 0 Å². The second-order valence-electron chi connectivity index (χ2n) is 1.99. The summed E-state index contributed by atoms with van der Waals surface area (Å²) in [6.45, 7) is 0.132. The normalized spacial score (nSPS) is 13.4. The molecule has 1 aromatic rings. The van der Waals surface area contributed by atoms with Crippen molar-refractivity contribution < 1.29 is 9.94 Å². The van der Waals surface area contributed by atoms with Crippen molar-refractivity contribution in [2.24, 2.45) is 5.90 Å². The first-order chi connectivity index (χ1) is 5.24. The van der Waals surface area contributed by atoms with Crippen LogP contribution in [0.15, 0.2) is 15.9 Å². The zero-order valence-electron chi connectivity index (χ0n) is 5.66. The summed E-state index contributed by atoms with van der Waals surface area (Å²) >= 11 is 4.75. The van der Waals surface area contributed by atoms with Gasteiger partial charge in [-0.1, -0.05) is 0 Å². The molecule has 0 saturated carbocycles. The summed E-state index contributed by atoms with van der Waals surface area (Å²) in [7, 11) is 0. The second kappa shape index (κ2) is 4.18. The first-order valence-electron chi connectivity index (χ1n) is 2.99. The van der Waals surface area contributed by atoms with E-state index in [0.29, 0.717) is 0 Å². The van der Waals surface area contributed by atoms with Gasteiger partial charge in [0.2, 0.25) is 0 Å². The molecule has 0 radical (unpaired) electrons. The van der Waals surface area contributed by atoms with Crippen molar-refractivity contribution in [2.75, 3.05) is 6.61 Å². The number of nitrogens with two attached hydrogens (primary N) is 1. The molecule has 0 aliphatic carbocycles. The van der Waals surface area contributed by atoms with Gasteiger partial charge < -0.3 is 9.94 Å². The minimum atomic E-state index is -0.615. The fraction of sp³-hybridized carbons (Fsp3) is 0.333. The predicted octanol–water partition coefficient (Wildman–Crippen LogP) is 1.43. The average molecular weight is 238 g/mol. The monoisotopic (exact) mass is 237 g/mol. The van der Waals surface area contributed by atoms with Crippen molar-refractivity contribution in [1.29, 1.82) is 0 Å². The van der Waals surface area contributed by atoms with E-state index in [0.717, 1.165) is 8.66 Å². The van der Waals surface area contributed by atoms with Crippen molar-refractivity contribution in [1.82, 2.24) is 0 Å². The van der Waals surface area contributed by atoms with Crippen LogP contribution in [-0.4, -0.2) is 11.7 Å². The summed E-state index contributed by atoms with van der Waals surface area (Å²) < 4.78 is 0.989. The fourth-order valence-corrected chi connectivity index (χ4v) is 2.07. The molecule has 0 spiro atoms. The Balaban J connectivity index is 2.60. The molecule has 0 aromatic carbocycles. The summed E-state index contributed by atoms with van der Waals surface area (Å²) in [5.41, 5.74) is 0. The summed E-state index contributed by atoms with van der Waals surface area (Å²) in [6, 6.07) is 3.71. The first-order valence-corrected chi connectivity index (χ1v) is 4.60. The summed E-state index contributed by atoms with van der Waals surface area (Å²) in [5.74, 6) is 4.81. The standard InChI is InChI=1S/C6H8BrNO2S/c7-6-2-1-5(11-6)4(9)3-10-8/h1-2,4,9H,3,8H2. The van der Waals surface area contributed by atoms with Crippen LogP contribution < -0.4 is 5.90 Å². The third-order valence-corrected chi connectivity index (χ3v) is 2.90. The van der Waals surface area contributed by atoms with Gasteiger partial charge in [-0.15, -0.1) is 11.3 Å². The summed E-state index contributed by atoms with van der Waals surface area (Å²) in [6.07, 6.45) is -0.615. The van der Waals surface area contributed by atoms with Gasteiger partial charge in [0.1, 0.15) is 6.10 Å². The van der Waals surface area contributed by atoms with Gasteiger partial charge in [0, 0.05) is 4.88 Å². The van der Waals surface area contributed by atoms with Gasteiger partial charge in [0.25, 0.3) is 0 Å². The quantitative estimate of drug-likeness (QED) is 0.783. The number of thiophene rings is 1. The highest BCUT2D eigenvalue weighted by atomic mass is 79.9. The number of rotatable bonds is 3. The predicted molar refractivity (Wildman–Crippen MR) is 47.1 cm³/mol. The Kier molecular flexibility index (Phi) is 3.47. The molecule has 1 unspecified atom stereocenters. The average Bonchev–Trinajstić information content (AvgIpc) is 2.36. The number of hydrogen-bond donors (Lipinski definition) is 2. The lowest BCUT2D eigenvalue weighted by molar-refractivity contribution is 0.0377. The lowest BCUT2D eigenvalue weighted by atomic mass is 10.3. The third kappa shape index (κ3) is 2.53. The van der Waals surface area contributed by atoms with E-state index >= 15 is 0 Å². The summed E-state index contributed by atoms with van der Waals surface area (Å²) in [4.78, 5) is 5.16. The Labute approximate surface area is 76.9 Å². The Morgan fingerprint density at radius 2 is 2.45 bits per heavy atom. The number of aliphatic hydroxyl groups excluding tert-OH is 1. The van der Waals surface area contributed by atoms with Crippen molar-refractivity contribution in [2.45, 2.75) is 6.10 Å². The molecular weight excluding hydrogens is 230 g/mol. The SMILES string of the molecule is NOCC(O)c1ccc(Br)s1. The van der Waals surface area contributed by atoms with Crippen LogP contribution in [0.2, 0.25) is 0 Å². The maximum absolute atomic E-state index is 9.32. The Bertz CT molecular complexity index is 228. The molecule has 3 N–H and O–H groups in total. The molecule has 0 saturated heterocycles. The van der Waals surface area contributed by atoms with Crippen LogP contribution in [-0.2, 0) is 4.84 Å². The molecule has 3 nitrogen and oxygen atoms in total. The molecule has 0 fully saturated rings. The molecule has 62 valence electrons. The molecule has 0 amide bonds. The molecule has 1 atom stereocenters. The van der Waals surface area contributed by atoms with Crippen molar-refractivity contribution >= 4 is 27.3 Å². The van der Waals surface area contributed by atoms with Gasteiger partial charge in [-0.2, -0.15) is 0 Å². The van der Waals surface area contributed by atoms with Crippen molar-refractivity contribution in [3.8, 4) is 0 Å². The minimum absolute atomic E-state index is 0.132. The van der Waals surface area contributed by atoms with Crippen LogP contribution in [0.4, 0.5) is 0 Å². The molecule has 0 aliphatic heterocycles. The molecule has 1 rings (SSSR count). The number of halogens is 1. The van der Waals surface area contributed by atoms with Gasteiger partial charge in [-0.05, 0) is 28.1 Å². The van der Waals surface area contributed by atoms with E-state index in [2.05, 4.69) is 20.8 Å². The van der Waals surface area contributed by atoms with Crippen LogP contribution in [0.1, 0.15) is 11.0 Å². The van der Waals surface area contributed by atoms with E-state index in [1.807, 2.05) is 12.1 Å². The molecule has 1 aromatic heterocycles. The van der Waals surface area contributed by atoms with Gasteiger partial charge in [-0.25, -0.2) is 5.90 Å². The Hall–Kier alpha value is 0.0600. The fourth-order valence-electron chi connectivity index (χ4n) is 0.681. The largest absolute Gasteiger partial charge is 0.385 e. The highest BCUT2D eigenvalue weighted by Crippen LogP contribution is 2.26. The Morgan fingerprint density at radius 3 is 2.91 bits per heavy atom. The second-order valence-corrected chi connectivity index (χ2v) is 4.49. The van der Waals surface area contributed by atoms with E-state index in [4.69, 9.17) is 5.90 Å². The zero-order chi connectivity index (χ0) is 8.27. The van der Waals surface area contributed by atoms with E-state index < -0.39 is 6.10 Å². The third-order valence-electron chi connectivity index (χ3n) is 1.18. The molecule has 0 aliphatic rings. The van der Waals surface area contributed by atoms with Crippen LogP contribution in [0, 0.1) is 0 Å². The van der Waals surface area contributed by atoms with E-state index in [1.165, 1.54) is 11.3 Å². The molecule has 0 bridgehead atoms. The topological polar surface area (TPSA) is 55.5 Å².